The second-order valence-electron chi connectivity index (χ2n) is 6.03. The summed E-state index contributed by atoms with van der Waals surface area (Å²) >= 11 is 1.31. The Kier molecular flexibility index (Phi) is 6.49. The molecule has 0 spiro atoms. The van der Waals surface area contributed by atoms with Gasteiger partial charge in [0.15, 0.2) is 16.7 Å². The third kappa shape index (κ3) is 5.01. The van der Waals surface area contributed by atoms with Crippen molar-refractivity contribution in [1.82, 2.24) is 14.8 Å². The molecule has 0 saturated carbocycles. The molecule has 0 aliphatic heterocycles. The highest BCUT2D eigenvalue weighted by molar-refractivity contribution is 7.99. The first-order valence-electron chi connectivity index (χ1n) is 8.84. The van der Waals surface area contributed by atoms with Crippen molar-refractivity contribution in [2.24, 2.45) is 0 Å². The predicted molar refractivity (Wildman–Crippen MR) is 108 cm³/mol. The summed E-state index contributed by atoms with van der Waals surface area (Å²) in [5.74, 6) is 1.15. The van der Waals surface area contributed by atoms with Crippen molar-refractivity contribution >= 4 is 35.0 Å². The highest BCUT2D eigenvalue weighted by Crippen LogP contribution is 2.25. The second-order valence-corrected chi connectivity index (χ2v) is 6.98. The largest absolute Gasteiger partial charge is 0.461 e. The number of amides is 2. The number of nitrogens with zero attached hydrogens (tertiary/aromatic N) is 3. The minimum Gasteiger partial charge on any atom is -0.461 e. The number of aromatic nitrogens is 3. The van der Waals surface area contributed by atoms with Gasteiger partial charge >= 0.3 is 0 Å². The first-order chi connectivity index (χ1) is 13.6. The number of thioether (sulfide) groups is 1. The van der Waals surface area contributed by atoms with Crippen LogP contribution in [0.15, 0.2) is 52.2 Å². The lowest BCUT2D eigenvalue weighted by atomic mass is 10.2. The molecule has 0 radical (unpaired) electrons. The van der Waals surface area contributed by atoms with Gasteiger partial charge in [-0.25, -0.2) is 0 Å². The molecule has 1 aromatic carbocycles. The molecule has 28 heavy (non-hydrogen) atoms. The van der Waals surface area contributed by atoms with Gasteiger partial charge in [0.05, 0.1) is 12.0 Å². The van der Waals surface area contributed by atoms with E-state index in [1.54, 1.807) is 36.6 Å². The van der Waals surface area contributed by atoms with E-state index in [4.69, 9.17) is 4.42 Å². The zero-order valence-corrected chi connectivity index (χ0v) is 16.5. The van der Waals surface area contributed by atoms with E-state index in [9.17, 15) is 9.59 Å². The van der Waals surface area contributed by atoms with Crippen LogP contribution in [0.3, 0.4) is 0 Å². The van der Waals surface area contributed by atoms with Gasteiger partial charge in [-0.2, -0.15) is 0 Å². The Morgan fingerprint density at radius 3 is 2.61 bits per heavy atom. The van der Waals surface area contributed by atoms with Gasteiger partial charge < -0.3 is 15.1 Å². The van der Waals surface area contributed by atoms with Gasteiger partial charge in [-0.05, 0) is 36.8 Å². The topological polar surface area (TPSA) is 102 Å². The minimum atomic E-state index is -0.171. The Labute approximate surface area is 166 Å². The molecule has 2 amide bonds. The third-order valence-corrected chi connectivity index (χ3v) is 4.67. The highest BCUT2D eigenvalue weighted by Gasteiger charge is 2.17. The Hall–Kier alpha value is -3.07. The maximum Gasteiger partial charge on any atom is 0.234 e. The predicted octanol–water partition coefficient (Wildman–Crippen LogP) is 3.64. The number of hydrogen-bond donors (Lipinski definition) is 2. The van der Waals surface area contributed by atoms with Crippen LogP contribution in [0.4, 0.5) is 11.4 Å². The SMILES string of the molecule is CCCn1c(SCC(=O)Nc2cccc(NC(C)=O)c2)nnc1-c1ccco1. The van der Waals surface area contributed by atoms with Gasteiger partial charge in [-0.15, -0.1) is 10.2 Å². The summed E-state index contributed by atoms with van der Waals surface area (Å²) in [7, 11) is 0. The third-order valence-electron chi connectivity index (χ3n) is 3.70. The molecule has 0 bridgehead atoms. The number of rotatable bonds is 8. The van der Waals surface area contributed by atoms with Crippen LogP contribution >= 0.6 is 11.8 Å². The monoisotopic (exact) mass is 399 g/mol. The molecule has 0 aliphatic carbocycles. The van der Waals surface area contributed by atoms with Crippen molar-refractivity contribution in [3.63, 3.8) is 0 Å². The van der Waals surface area contributed by atoms with Crippen LogP contribution in [-0.2, 0) is 16.1 Å². The van der Waals surface area contributed by atoms with Crippen molar-refractivity contribution in [3.05, 3.63) is 42.7 Å². The van der Waals surface area contributed by atoms with Crippen LogP contribution in [0.25, 0.3) is 11.6 Å². The molecule has 0 atom stereocenters. The Morgan fingerprint density at radius 2 is 1.93 bits per heavy atom. The van der Waals surface area contributed by atoms with Crippen LogP contribution in [0.1, 0.15) is 20.3 Å². The van der Waals surface area contributed by atoms with Gasteiger partial charge in [-0.3, -0.25) is 14.2 Å². The molecular weight excluding hydrogens is 378 g/mol. The summed E-state index contributed by atoms with van der Waals surface area (Å²) in [6.07, 6.45) is 2.50. The first-order valence-corrected chi connectivity index (χ1v) is 9.82. The molecule has 0 fully saturated rings. The van der Waals surface area contributed by atoms with Gasteiger partial charge in [0.1, 0.15) is 0 Å². The number of carbonyl (C=O) groups is 2. The standard InChI is InChI=1S/C19H21N5O3S/c1-3-9-24-18(16-8-5-10-27-16)22-23-19(24)28-12-17(26)21-15-7-4-6-14(11-15)20-13(2)25/h4-8,10-11H,3,9,12H2,1-2H3,(H,20,25)(H,21,26). The molecule has 0 saturated heterocycles. The van der Waals surface area contributed by atoms with Crippen LogP contribution in [0.2, 0.25) is 0 Å². The normalized spacial score (nSPS) is 10.6. The summed E-state index contributed by atoms with van der Waals surface area (Å²) in [6.45, 7) is 4.23. The lowest BCUT2D eigenvalue weighted by Crippen LogP contribution is -2.15. The molecule has 146 valence electrons. The molecule has 2 aromatic heterocycles. The number of hydrogen-bond acceptors (Lipinski definition) is 6. The Morgan fingerprint density at radius 1 is 1.14 bits per heavy atom. The van der Waals surface area contributed by atoms with Gasteiger partial charge in [-0.1, -0.05) is 24.8 Å². The zero-order valence-electron chi connectivity index (χ0n) is 15.6. The molecule has 2 N–H and O–H groups in total. The van der Waals surface area contributed by atoms with Gasteiger partial charge in [0.25, 0.3) is 0 Å². The summed E-state index contributed by atoms with van der Waals surface area (Å²) in [4.78, 5) is 23.5. The van der Waals surface area contributed by atoms with Crippen molar-refractivity contribution in [1.29, 1.82) is 0 Å². The maximum absolute atomic E-state index is 12.3. The fourth-order valence-electron chi connectivity index (χ4n) is 2.61. The molecule has 3 aromatic rings. The number of carbonyl (C=O) groups excluding carboxylic acids is 2. The fourth-order valence-corrected chi connectivity index (χ4v) is 3.38. The lowest BCUT2D eigenvalue weighted by molar-refractivity contribution is -0.114. The highest BCUT2D eigenvalue weighted by atomic mass is 32.2. The number of nitrogens with one attached hydrogen (secondary N) is 2. The van der Waals surface area contributed by atoms with Crippen LogP contribution in [0.5, 0.6) is 0 Å². The van der Waals surface area contributed by atoms with Gasteiger partial charge in [0, 0.05) is 24.8 Å². The molecule has 2 heterocycles. The Balaban J connectivity index is 1.64. The minimum absolute atomic E-state index is 0.165. The number of benzene rings is 1. The van der Waals surface area contributed by atoms with E-state index >= 15 is 0 Å². The first kappa shape index (κ1) is 19.7. The van der Waals surface area contributed by atoms with E-state index in [0.29, 0.717) is 28.1 Å². The quantitative estimate of drug-likeness (QED) is 0.561. The van der Waals surface area contributed by atoms with Gasteiger partial charge in [0.2, 0.25) is 11.8 Å². The molecule has 9 heteroatoms. The summed E-state index contributed by atoms with van der Waals surface area (Å²) in [5.41, 5.74) is 1.24. The summed E-state index contributed by atoms with van der Waals surface area (Å²) in [6, 6.07) is 10.6. The lowest BCUT2D eigenvalue weighted by Gasteiger charge is -2.09. The van der Waals surface area contributed by atoms with Crippen LogP contribution < -0.4 is 10.6 Å². The van der Waals surface area contributed by atoms with E-state index in [1.807, 2.05) is 10.6 Å². The molecule has 0 aliphatic rings. The van der Waals surface area contributed by atoms with Crippen LogP contribution in [-0.4, -0.2) is 32.3 Å². The molecule has 0 unspecified atom stereocenters. The fraction of sp³-hybridized carbons (Fsp3) is 0.263. The molecule has 8 nitrogen and oxygen atoms in total. The molecular formula is C19H21N5O3S. The van der Waals surface area contributed by atoms with E-state index in [0.717, 1.165) is 13.0 Å². The number of furan rings is 1. The average Bonchev–Trinajstić information content (AvgIpc) is 3.30. The maximum atomic E-state index is 12.3. The van der Waals surface area contributed by atoms with E-state index in [2.05, 4.69) is 27.8 Å². The molecule has 3 rings (SSSR count). The van der Waals surface area contributed by atoms with Crippen molar-refractivity contribution in [2.45, 2.75) is 32.0 Å². The van der Waals surface area contributed by atoms with Crippen molar-refractivity contribution in [3.8, 4) is 11.6 Å². The van der Waals surface area contributed by atoms with E-state index in [1.165, 1.54) is 18.7 Å². The van der Waals surface area contributed by atoms with E-state index in [-0.39, 0.29) is 17.6 Å². The number of anilines is 2. The smallest absolute Gasteiger partial charge is 0.234 e. The summed E-state index contributed by atoms with van der Waals surface area (Å²) < 4.78 is 7.37. The van der Waals surface area contributed by atoms with E-state index < -0.39 is 0 Å². The van der Waals surface area contributed by atoms with Crippen LogP contribution in [0, 0.1) is 0 Å². The zero-order chi connectivity index (χ0) is 19.9. The summed E-state index contributed by atoms with van der Waals surface area (Å²) in [5, 5.41) is 14.6. The Bertz CT molecular complexity index is 952. The average molecular weight is 399 g/mol. The second kappa shape index (κ2) is 9.23. The van der Waals surface area contributed by atoms with Crippen molar-refractivity contribution in [2.75, 3.05) is 16.4 Å². The van der Waals surface area contributed by atoms with Crippen molar-refractivity contribution < 1.29 is 14.0 Å².